The van der Waals surface area contributed by atoms with E-state index >= 15 is 0 Å². The highest BCUT2D eigenvalue weighted by Crippen LogP contribution is 2.35. The molecule has 5 rings (SSSR count). The molecule has 190 valence electrons. The number of hydrogen-bond donors (Lipinski definition) is 1. The number of benzene rings is 4. The van der Waals surface area contributed by atoms with E-state index in [1.807, 2.05) is 48.5 Å². The molecule has 0 aliphatic carbocycles. The summed E-state index contributed by atoms with van der Waals surface area (Å²) in [6, 6.07) is 29.6. The molecule has 0 amide bonds. The van der Waals surface area contributed by atoms with Gasteiger partial charge in [0.25, 0.3) is 0 Å². The fraction of sp³-hybridized carbons (Fsp3) is 0.129. The number of aromatic nitrogens is 2. The smallest absolute Gasteiger partial charge is 0.337 e. The number of nitrogens with one attached hydrogen (secondary N) is 1. The molecule has 0 aliphatic heterocycles. The van der Waals surface area contributed by atoms with Gasteiger partial charge in [0.05, 0.1) is 18.2 Å². The lowest BCUT2D eigenvalue weighted by Gasteiger charge is -2.20. The third-order valence-corrected chi connectivity index (χ3v) is 6.96. The number of methoxy groups -OCH3 is 1. The molecule has 0 radical (unpaired) electrons. The Labute approximate surface area is 231 Å². The third kappa shape index (κ3) is 5.80. The molecule has 5 nitrogen and oxygen atoms in total. The minimum atomic E-state index is -0.343. The summed E-state index contributed by atoms with van der Waals surface area (Å²) in [5, 5.41) is 5.78. The Kier molecular flexibility index (Phi) is 7.87. The van der Waals surface area contributed by atoms with Crippen molar-refractivity contribution in [1.29, 1.82) is 0 Å². The van der Waals surface area contributed by atoms with Gasteiger partial charge >= 0.3 is 5.97 Å². The van der Waals surface area contributed by atoms with Crippen LogP contribution in [-0.4, -0.2) is 29.6 Å². The molecule has 0 bridgehead atoms. The first kappa shape index (κ1) is 25.7. The Morgan fingerprint density at radius 2 is 1.50 bits per heavy atom. The van der Waals surface area contributed by atoms with E-state index in [2.05, 4.69) is 51.7 Å². The number of ether oxygens (including phenoxy) is 1. The van der Waals surface area contributed by atoms with Crippen molar-refractivity contribution in [3.05, 3.63) is 135 Å². The fourth-order valence-electron chi connectivity index (χ4n) is 4.58. The average molecular weight is 542 g/mol. The molecule has 5 aromatic rings. The van der Waals surface area contributed by atoms with Crippen LogP contribution in [0.25, 0.3) is 10.9 Å². The third-order valence-electron chi connectivity index (χ3n) is 6.45. The van der Waals surface area contributed by atoms with Crippen LogP contribution in [-0.2, 0) is 11.2 Å². The molecule has 4 aromatic carbocycles. The van der Waals surface area contributed by atoms with Crippen LogP contribution < -0.4 is 5.32 Å². The summed E-state index contributed by atoms with van der Waals surface area (Å²) in [7, 11) is 1.38. The molecule has 0 fully saturated rings. The number of halogens is 2. The number of rotatable bonds is 8. The van der Waals surface area contributed by atoms with Gasteiger partial charge in [0.2, 0.25) is 0 Å². The molecular formula is C31H25Cl2N3O2. The van der Waals surface area contributed by atoms with Crippen LogP contribution in [0, 0.1) is 0 Å². The van der Waals surface area contributed by atoms with Gasteiger partial charge in [-0.05, 0) is 77.2 Å². The lowest BCUT2D eigenvalue weighted by molar-refractivity contribution is 0.0600. The van der Waals surface area contributed by atoms with Crippen LogP contribution in [0.4, 0.5) is 5.82 Å². The molecule has 1 heterocycles. The summed E-state index contributed by atoms with van der Waals surface area (Å²) >= 11 is 12.4. The van der Waals surface area contributed by atoms with Gasteiger partial charge in [-0.1, -0.05) is 65.7 Å². The second-order valence-corrected chi connectivity index (χ2v) is 9.78. The quantitative estimate of drug-likeness (QED) is 0.162. The van der Waals surface area contributed by atoms with Crippen LogP contribution >= 0.6 is 23.2 Å². The van der Waals surface area contributed by atoms with E-state index in [-0.39, 0.29) is 11.9 Å². The molecule has 0 aliphatic rings. The number of esters is 1. The van der Waals surface area contributed by atoms with Gasteiger partial charge in [0, 0.05) is 27.9 Å². The monoisotopic (exact) mass is 541 g/mol. The number of hydrogen-bond acceptors (Lipinski definition) is 5. The number of carbonyl (C=O) groups is 1. The van der Waals surface area contributed by atoms with Gasteiger partial charge in [-0.2, -0.15) is 0 Å². The van der Waals surface area contributed by atoms with Crippen LogP contribution in [0.15, 0.2) is 97.3 Å². The summed E-state index contributed by atoms with van der Waals surface area (Å²) in [6.45, 7) is 0.638. The zero-order valence-corrected chi connectivity index (χ0v) is 22.2. The van der Waals surface area contributed by atoms with Crippen molar-refractivity contribution >= 4 is 45.9 Å². The molecule has 0 atom stereocenters. The zero-order chi connectivity index (χ0) is 26.5. The van der Waals surface area contributed by atoms with Crippen molar-refractivity contribution in [2.24, 2.45) is 0 Å². The zero-order valence-electron chi connectivity index (χ0n) is 20.7. The molecule has 0 unspecified atom stereocenters. The Balaban J connectivity index is 1.45. The van der Waals surface area contributed by atoms with Crippen molar-refractivity contribution < 1.29 is 9.53 Å². The van der Waals surface area contributed by atoms with E-state index in [4.69, 9.17) is 27.9 Å². The Morgan fingerprint density at radius 1 is 0.842 bits per heavy atom. The van der Waals surface area contributed by atoms with Gasteiger partial charge in [-0.25, -0.2) is 14.8 Å². The van der Waals surface area contributed by atoms with E-state index < -0.39 is 0 Å². The maximum atomic E-state index is 11.9. The van der Waals surface area contributed by atoms with E-state index in [9.17, 15) is 4.79 Å². The summed E-state index contributed by atoms with van der Waals surface area (Å²) in [5.74, 6) is 0.389. The normalized spacial score (nSPS) is 11.1. The predicted molar refractivity (Wildman–Crippen MR) is 153 cm³/mol. The Hall–Kier alpha value is -3.93. The van der Waals surface area contributed by atoms with Crippen LogP contribution in [0.1, 0.15) is 38.5 Å². The molecular weight excluding hydrogens is 517 g/mol. The summed E-state index contributed by atoms with van der Waals surface area (Å²) < 4.78 is 4.83. The molecule has 38 heavy (non-hydrogen) atoms. The van der Waals surface area contributed by atoms with Crippen molar-refractivity contribution in [1.82, 2.24) is 9.97 Å². The highest BCUT2D eigenvalue weighted by molar-refractivity contribution is 6.30. The van der Waals surface area contributed by atoms with Crippen LogP contribution in [0.2, 0.25) is 10.0 Å². The van der Waals surface area contributed by atoms with E-state index in [0.29, 0.717) is 28.6 Å². The summed E-state index contributed by atoms with van der Waals surface area (Å²) in [6.07, 6.45) is 2.28. The number of carbonyl (C=O) groups excluding carboxylic acids is 1. The van der Waals surface area contributed by atoms with Crippen LogP contribution in [0.5, 0.6) is 0 Å². The van der Waals surface area contributed by atoms with Crippen molar-refractivity contribution in [2.75, 3.05) is 19.0 Å². The lowest BCUT2D eigenvalue weighted by Crippen LogP contribution is -2.09. The maximum absolute atomic E-state index is 11.9. The second-order valence-electron chi connectivity index (χ2n) is 8.90. The first-order valence-electron chi connectivity index (χ1n) is 12.2. The second kappa shape index (κ2) is 11.6. The molecule has 0 spiro atoms. The molecule has 0 saturated heterocycles. The van der Waals surface area contributed by atoms with Gasteiger partial charge in [-0.15, -0.1) is 0 Å². The van der Waals surface area contributed by atoms with Gasteiger partial charge in [-0.3, -0.25) is 0 Å². The largest absolute Gasteiger partial charge is 0.465 e. The number of anilines is 1. The summed E-state index contributed by atoms with van der Waals surface area (Å²) in [5.41, 5.74) is 5.76. The van der Waals surface area contributed by atoms with Crippen molar-refractivity contribution in [3.63, 3.8) is 0 Å². The van der Waals surface area contributed by atoms with Gasteiger partial charge in [0.1, 0.15) is 12.1 Å². The Bertz CT molecular complexity index is 1530. The van der Waals surface area contributed by atoms with Gasteiger partial charge in [0.15, 0.2) is 0 Å². The first-order chi connectivity index (χ1) is 18.5. The summed E-state index contributed by atoms with van der Waals surface area (Å²) in [4.78, 5) is 20.9. The molecule has 0 saturated carbocycles. The average Bonchev–Trinajstić information content (AvgIpc) is 2.95. The Morgan fingerprint density at radius 3 is 2.16 bits per heavy atom. The van der Waals surface area contributed by atoms with Crippen molar-refractivity contribution in [3.8, 4) is 0 Å². The maximum Gasteiger partial charge on any atom is 0.337 e. The molecule has 1 aromatic heterocycles. The minimum Gasteiger partial charge on any atom is -0.465 e. The lowest BCUT2D eigenvalue weighted by atomic mass is 9.85. The minimum absolute atomic E-state index is 0.0250. The van der Waals surface area contributed by atoms with Gasteiger partial charge < -0.3 is 10.1 Å². The number of fused-ring (bicyclic) bond motifs is 1. The molecule has 7 heteroatoms. The molecule has 1 N–H and O–H groups in total. The highest BCUT2D eigenvalue weighted by Gasteiger charge is 2.18. The van der Waals surface area contributed by atoms with E-state index in [1.54, 1.807) is 12.4 Å². The van der Waals surface area contributed by atoms with E-state index in [1.165, 1.54) is 7.11 Å². The van der Waals surface area contributed by atoms with Crippen LogP contribution in [0.3, 0.4) is 0 Å². The fourth-order valence-corrected chi connectivity index (χ4v) is 4.83. The topological polar surface area (TPSA) is 64.1 Å². The number of nitrogens with zero attached hydrogens (tertiary/aromatic N) is 2. The first-order valence-corrected chi connectivity index (χ1v) is 12.9. The van der Waals surface area contributed by atoms with Crippen molar-refractivity contribution in [2.45, 2.75) is 12.3 Å². The SMILES string of the molecule is COC(=O)c1cccc(CCNc2ncnc3ccc(C(c4ccc(Cl)cc4)c4ccc(Cl)cc4)cc23)c1. The predicted octanol–water partition coefficient (Wildman–Crippen LogP) is 7.56. The highest BCUT2D eigenvalue weighted by atomic mass is 35.5. The standard InChI is InChI=1S/C31H25Cl2N3O2/c1-38-31(37)24-4-2-3-20(17-24)15-16-34-30-27-18-23(9-14-28(27)35-19-36-30)29(21-5-10-25(32)11-6-21)22-7-12-26(33)13-8-22/h2-14,17-19,29H,15-16H2,1H3,(H,34,35,36). The van der Waals surface area contributed by atoms with E-state index in [0.717, 1.165) is 39.0 Å².